The number of nitrogens with one attached hydrogen (secondary N) is 1. The summed E-state index contributed by atoms with van der Waals surface area (Å²) in [5, 5.41) is 3.36. The second kappa shape index (κ2) is 5.91. The van der Waals surface area contributed by atoms with E-state index in [4.69, 9.17) is 0 Å². The molecule has 1 saturated carbocycles. The van der Waals surface area contributed by atoms with Gasteiger partial charge in [-0.25, -0.2) is 0 Å². The van der Waals surface area contributed by atoms with Crippen LogP contribution in [0.3, 0.4) is 0 Å². The zero-order valence-corrected chi connectivity index (χ0v) is 12.8. The van der Waals surface area contributed by atoms with E-state index in [1.807, 2.05) is 0 Å². The van der Waals surface area contributed by atoms with Gasteiger partial charge in [0, 0.05) is 38.0 Å². The van der Waals surface area contributed by atoms with Crippen molar-refractivity contribution in [3.8, 4) is 0 Å². The highest BCUT2D eigenvalue weighted by Crippen LogP contribution is 2.37. The minimum absolute atomic E-state index is 0.109. The average Bonchev–Trinajstić information content (AvgIpc) is 2.52. The van der Waals surface area contributed by atoms with Crippen molar-refractivity contribution in [2.75, 3.05) is 26.2 Å². The van der Waals surface area contributed by atoms with Crippen LogP contribution in [0.2, 0.25) is 0 Å². The molecule has 1 aliphatic carbocycles. The Morgan fingerprint density at radius 2 is 1.62 bits per heavy atom. The molecule has 1 amide bonds. The lowest BCUT2D eigenvalue weighted by Crippen LogP contribution is -2.59. The van der Waals surface area contributed by atoms with Crippen LogP contribution in [0.5, 0.6) is 0 Å². The topological polar surface area (TPSA) is 49.4 Å². The number of nitrogens with zero attached hydrogens (tertiary/aromatic N) is 1. The van der Waals surface area contributed by atoms with E-state index in [1.165, 1.54) is 6.08 Å². The van der Waals surface area contributed by atoms with Crippen molar-refractivity contribution in [3.05, 3.63) is 12.7 Å². The molecule has 4 heteroatoms. The van der Waals surface area contributed by atoms with Gasteiger partial charge in [-0.2, -0.15) is 0 Å². The summed E-state index contributed by atoms with van der Waals surface area (Å²) in [7, 11) is 0. The van der Waals surface area contributed by atoms with Crippen molar-refractivity contribution < 1.29 is 9.59 Å². The van der Waals surface area contributed by atoms with Gasteiger partial charge in [-0.1, -0.05) is 6.58 Å². The molecule has 0 atom stereocenters. The highest BCUT2D eigenvalue weighted by atomic mass is 16.2. The monoisotopic (exact) mass is 290 g/mol. The Morgan fingerprint density at radius 1 is 1.05 bits per heavy atom. The summed E-state index contributed by atoms with van der Waals surface area (Å²) in [4.78, 5) is 26.3. The molecule has 1 N–H and O–H groups in total. The largest absolute Gasteiger partial charge is 0.342 e. The second-order valence-electron chi connectivity index (χ2n) is 7.08. The molecule has 1 spiro atoms. The van der Waals surface area contributed by atoms with Gasteiger partial charge in [-0.05, 0) is 50.0 Å². The number of carbonyl (C=O) groups excluding carboxylic acids is 2. The fourth-order valence-corrected chi connectivity index (χ4v) is 4.08. The van der Waals surface area contributed by atoms with Gasteiger partial charge in [-0.15, -0.1) is 0 Å². The number of ketones is 1. The van der Waals surface area contributed by atoms with Gasteiger partial charge in [0.1, 0.15) is 0 Å². The fraction of sp³-hybridized carbons (Fsp3) is 0.765. The number of piperidine rings is 1. The molecule has 0 unspecified atom stereocenters. The Bertz CT molecular complexity index is 424. The molecule has 2 saturated heterocycles. The predicted octanol–water partition coefficient (Wildman–Crippen LogP) is 1.76. The Kier molecular flexibility index (Phi) is 4.16. The number of carbonyl (C=O) groups is 2. The van der Waals surface area contributed by atoms with E-state index in [1.54, 1.807) is 0 Å². The van der Waals surface area contributed by atoms with E-state index in [0.717, 1.165) is 64.7 Å². The zero-order valence-electron chi connectivity index (χ0n) is 12.8. The quantitative estimate of drug-likeness (QED) is 0.806. The molecule has 0 radical (unpaired) electrons. The third-order valence-corrected chi connectivity index (χ3v) is 5.82. The number of amides is 1. The van der Waals surface area contributed by atoms with Crippen LogP contribution in [0.1, 0.15) is 38.5 Å². The Hall–Kier alpha value is -1.16. The van der Waals surface area contributed by atoms with Crippen molar-refractivity contribution in [1.82, 2.24) is 10.2 Å². The third kappa shape index (κ3) is 2.91. The van der Waals surface area contributed by atoms with Crippen LogP contribution in [0.4, 0.5) is 0 Å². The Morgan fingerprint density at radius 3 is 2.10 bits per heavy atom. The Labute approximate surface area is 127 Å². The summed E-state index contributed by atoms with van der Waals surface area (Å²) >= 11 is 0. The summed E-state index contributed by atoms with van der Waals surface area (Å²) in [6.45, 7) is 7.66. The lowest BCUT2D eigenvalue weighted by atomic mass is 9.73. The van der Waals surface area contributed by atoms with Crippen molar-refractivity contribution in [2.24, 2.45) is 17.3 Å². The van der Waals surface area contributed by atoms with Gasteiger partial charge in [-0.3, -0.25) is 9.59 Å². The molecule has 0 bridgehead atoms. The smallest absolute Gasteiger partial charge is 0.225 e. The predicted molar refractivity (Wildman–Crippen MR) is 81.8 cm³/mol. The summed E-state index contributed by atoms with van der Waals surface area (Å²) in [5.74, 6) is 0.740. The van der Waals surface area contributed by atoms with Gasteiger partial charge in [0.15, 0.2) is 5.78 Å². The maximum absolute atomic E-state index is 12.6. The average molecular weight is 290 g/mol. The van der Waals surface area contributed by atoms with E-state index in [-0.39, 0.29) is 17.6 Å². The molecule has 0 aromatic rings. The van der Waals surface area contributed by atoms with E-state index in [2.05, 4.69) is 16.8 Å². The van der Waals surface area contributed by atoms with Gasteiger partial charge < -0.3 is 10.2 Å². The molecule has 116 valence electrons. The number of hydrogen-bond donors (Lipinski definition) is 1. The lowest BCUT2D eigenvalue weighted by molar-refractivity contribution is -0.140. The van der Waals surface area contributed by atoms with Crippen molar-refractivity contribution in [1.29, 1.82) is 0 Å². The number of likely N-dealkylation sites (tertiary alicyclic amines) is 1. The third-order valence-electron chi connectivity index (χ3n) is 5.82. The van der Waals surface area contributed by atoms with Gasteiger partial charge >= 0.3 is 0 Å². The molecule has 4 nitrogen and oxygen atoms in total. The summed E-state index contributed by atoms with van der Waals surface area (Å²) < 4.78 is 0. The van der Waals surface area contributed by atoms with Crippen LogP contribution < -0.4 is 5.32 Å². The maximum Gasteiger partial charge on any atom is 0.225 e. The van der Waals surface area contributed by atoms with Crippen LogP contribution in [0.25, 0.3) is 0 Å². The number of allylic oxidation sites excluding steroid dienone is 1. The molecule has 3 rings (SSSR count). The van der Waals surface area contributed by atoms with Gasteiger partial charge in [0.2, 0.25) is 5.91 Å². The maximum atomic E-state index is 12.6. The second-order valence-corrected chi connectivity index (χ2v) is 7.08. The van der Waals surface area contributed by atoms with Crippen molar-refractivity contribution in [2.45, 2.75) is 38.5 Å². The van der Waals surface area contributed by atoms with Crippen LogP contribution in [0.15, 0.2) is 12.7 Å². The Balaban J connectivity index is 1.48. The van der Waals surface area contributed by atoms with Crippen LogP contribution in [-0.4, -0.2) is 42.8 Å². The molecule has 3 fully saturated rings. The minimum atomic E-state index is 0.109. The molecule has 2 aliphatic heterocycles. The first-order valence-electron chi connectivity index (χ1n) is 8.29. The highest BCUT2D eigenvalue weighted by Gasteiger charge is 2.41. The standard InChI is InChI=1S/C17H26N2O2/c1-2-15(20)13-3-5-14(6-4-13)16(21)19-9-7-17(8-10-19)11-18-12-17/h2,13-14,18H,1,3-12H2. The lowest BCUT2D eigenvalue weighted by Gasteiger charge is -2.49. The first kappa shape index (κ1) is 14.8. The molecule has 21 heavy (non-hydrogen) atoms. The molecular formula is C17H26N2O2. The summed E-state index contributed by atoms with van der Waals surface area (Å²) in [6.07, 6.45) is 7.17. The van der Waals surface area contributed by atoms with Crippen LogP contribution >= 0.6 is 0 Å². The minimum Gasteiger partial charge on any atom is -0.342 e. The fourth-order valence-electron chi connectivity index (χ4n) is 4.08. The first-order valence-corrected chi connectivity index (χ1v) is 8.29. The van der Waals surface area contributed by atoms with Gasteiger partial charge in [0.25, 0.3) is 0 Å². The number of rotatable bonds is 3. The van der Waals surface area contributed by atoms with Crippen LogP contribution in [0, 0.1) is 17.3 Å². The number of hydrogen-bond acceptors (Lipinski definition) is 3. The zero-order chi connectivity index (χ0) is 14.9. The summed E-state index contributed by atoms with van der Waals surface area (Å²) in [5.41, 5.74) is 0.491. The van der Waals surface area contributed by atoms with Crippen molar-refractivity contribution >= 4 is 11.7 Å². The molecule has 2 heterocycles. The van der Waals surface area contributed by atoms with Crippen LogP contribution in [-0.2, 0) is 9.59 Å². The summed E-state index contributed by atoms with van der Waals surface area (Å²) in [6, 6.07) is 0. The first-order chi connectivity index (χ1) is 10.1. The van der Waals surface area contributed by atoms with E-state index in [0.29, 0.717) is 11.3 Å². The van der Waals surface area contributed by atoms with Crippen molar-refractivity contribution in [3.63, 3.8) is 0 Å². The molecule has 0 aromatic carbocycles. The molecule has 3 aliphatic rings. The molecular weight excluding hydrogens is 264 g/mol. The normalized spacial score (nSPS) is 31.5. The van der Waals surface area contributed by atoms with Gasteiger partial charge in [0.05, 0.1) is 0 Å². The highest BCUT2D eigenvalue weighted by molar-refractivity contribution is 5.91. The molecule has 0 aromatic heterocycles. The van der Waals surface area contributed by atoms with E-state index >= 15 is 0 Å². The van der Waals surface area contributed by atoms with E-state index < -0.39 is 0 Å². The van der Waals surface area contributed by atoms with E-state index in [9.17, 15) is 9.59 Å². The SMILES string of the molecule is C=CC(=O)C1CCC(C(=O)N2CCC3(CC2)CNC3)CC1.